The minimum Gasteiger partial charge on any atom is -0.465 e. The molecule has 0 bridgehead atoms. The fourth-order valence-electron chi connectivity index (χ4n) is 2.72. The molecule has 2 saturated heterocycles. The van der Waals surface area contributed by atoms with Gasteiger partial charge in [-0.1, -0.05) is 0 Å². The van der Waals surface area contributed by atoms with E-state index < -0.39 is 10.0 Å². The van der Waals surface area contributed by atoms with E-state index in [1.54, 1.807) is 20.0 Å². The molecule has 0 N–H and O–H groups in total. The number of rotatable bonds is 2. The second-order valence-corrected chi connectivity index (χ2v) is 6.95. The maximum atomic E-state index is 12.5. The smallest absolute Gasteiger partial charge is 0.310 e. The third-order valence-corrected chi connectivity index (χ3v) is 5.60. The Morgan fingerprint density at radius 2 is 2.16 bits per heavy atom. The third kappa shape index (κ3) is 1.86. The van der Waals surface area contributed by atoms with Gasteiger partial charge in [-0.3, -0.25) is 9.48 Å². The lowest BCUT2D eigenvalue weighted by Crippen LogP contribution is -2.32. The second kappa shape index (κ2) is 4.04. The van der Waals surface area contributed by atoms with Gasteiger partial charge in [0.25, 0.3) is 10.0 Å². The number of ether oxygens (including phenoxy) is 1. The van der Waals surface area contributed by atoms with Gasteiger partial charge in [-0.15, -0.1) is 0 Å². The molecule has 0 spiro atoms. The van der Waals surface area contributed by atoms with Crippen molar-refractivity contribution in [1.82, 2.24) is 14.1 Å². The fraction of sp³-hybridized carbons (Fsp3) is 0.636. The quantitative estimate of drug-likeness (QED) is 0.686. The van der Waals surface area contributed by atoms with Gasteiger partial charge in [0, 0.05) is 26.1 Å². The summed E-state index contributed by atoms with van der Waals surface area (Å²) in [5.74, 6) is -0.621. The summed E-state index contributed by atoms with van der Waals surface area (Å²) in [6.45, 7) is 2.61. The summed E-state index contributed by atoms with van der Waals surface area (Å²) in [5, 5.41) is 4.22. The van der Waals surface area contributed by atoms with Crippen LogP contribution >= 0.6 is 0 Å². The Bertz CT molecular complexity index is 636. The van der Waals surface area contributed by atoms with Gasteiger partial charge in [0.15, 0.2) is 5.03 Å². The van der Waals surface area contributed by atoms with Crippen LogP contribution in [0.3, 0.4) is 0 Å². The summed E-state index contributed by atoms with van der Waals surface area (Å²) in [5.41, 5.74) is 0.653. The average Bonchev–Trinajstić information content (AvgIpc) is 2.96. The molecule has 3 rings (SSSR count). The summed E-state index contributed by atoms with van der Waals surface area (Å²) < 4.78 is 32.7. The van der Waals surface area contributed by atoms with Crippen molar-refractivity contribution in [3.63, 3.8) is 0 Å². The lowest BCUT2D eigenvalue weighted by Gasteiger charge is -2.16. The lowest BCUT2D eigenvalue weighted by atomic mass is 10.0. The molecule has 0 saturated carbocycles. The largest absolute Gasteiger partial charge is 0.465 e. The monoisotopic (exact) mass is 285 g/mol. The van der Waals surface area contributed by atoms with E-state index in [0.717, 1.165) is 0 Å². The van der Waals surface area contributed by atoms with Crippen LogP contribution in [-0.2, 0) is 26.6 Å². The molecule has 0 amide bonds. The zero-order chi connectivity index (χ0) is 13.8. The Labute approximate surface area is 111 Å². The molecule has 0 aromatic carbocycles. The SMILES string of the molecule is Cc1cc(S(=O)(=O)N2C[C@@H]3COC(=O)[C@@H]3C2)n(C)n1. The second-order valence-electron chi connectivity index (χ2n) is 5.07. The number of carbonyl (C=O) groups is 1. The maximum absolute atomic E-state index is 12.5. The van der Waals surface area contributed by atoms with E-state index in [2.05, 4.69) is 5.10 Å². The van der Waals surface area contributed by atoms with E-state index in [1.165, 1.54) is 8.99 Å². The maximum Gasteiger partial charge on any atom is 0.310 e. The number of nitrogens with zero attached hydrogens (tertiary/aromatic N) is 3. The zero-order valence-electron chi connectivity index (χ0n) is 10.7. The Hall–Kier alpha value is -1.41. The number of cyclic esters (lactones) is 1. The topological polar surface area (TPSA) is 81.5 Å². The Kier molecular flexibility index (Phi) is 2.68. The molecule has 2 fully saturated rings. The molecule has 1 aromatic rings. The fourth-order valence-corrected chi connectivity index (χ4v) is 4.42. The van der Waals surface area contributed by atoms with Crippen LogP contribution in [0.15, 0.2) is 11.1 Å². The van der Waals surface area contributed by atoms with Crippen molar-refractivity contribution in [2.24, 2.45) is 18.9 Å². The van der Waals surface area contributed by atoms with E-state index in [0.29, 0.717) is 18.8 Å². The highest BCUT2D eigenvalue weighted by atomic mass is 32.2. The molecule has 2 aliphatic rings. The summed E-state index contributed by atoms with van der Waals surface area (Å²) >= 11 is 0. The van der Waals surface area contributed by atoms with Gasteiger partial charge in [-0.05, 0) is 13.0 Å². The molecule has 0 unspecified atom stereocenters. The van der Waals surface area contributed by atoms with Gasteiger partial charge in [0.2, 0.25) is 0 Å². The van der Waals surface area contributed by atoms with E-state index in [9.17, 15) is 13.2 Å². The van der Waals surface area contributed by atoms with E-state index in [-0.39, 0.29) is 29.4 Å². The van der Waals surface area contributed by atoms with Crippen LogP contribution in [0.25, 0.3) is 0 Å². The van der Waals surface area contributed by atoms with Crippen molar-refractivity contribution >= 4 is 16.0 Å². The highest BCUT2D eigenvalue weighted by Gasteiger charge is 2.48. The summed E-state index contributed by atoms with van der Waals surface area (Å²) in [6, 6.07) is 1.54. The summed E-state index contributed by atoms with van der Waals surface area (Å²) in [4.78, 5) is 11.5. The highest BCUT2D eigenvalue weighted by Crippen LogP contribution is 2.33. The first-order chi connectivity index (χ1) is 8.89. The van der Waals surface area contributed by atoms with Crippen LogP contribution in [0.1, 0.15) is 5.69 Å². The first-order valence-electron chi connectivity index (χ1n) is 6.07. The van der Waals surface area contributed by atoms with Crippen LogP contribution in [0.2, 0.25) is 0 Å². The highest BCUT2D eigenvalue weighted by molar-refractivity contribution is 7.89. The Balaban J connectivity index is 1.91. The van der Waals surface area contributed by atoms with Crippen molar-refractivity contribution in [3.8, 4) is 0 Å². The third-order valence-electron chi connectivity index (χ3n) is 3.71. The predicted molar refractivity (Wildman–Crippen MR) is 64.6 cm³/mol. The number of fused-ring (bicyclic) bond motifs is 1. The Morgan fingerprint density at radius 1 is 1.42 bits per heavy atom. The van der Waals surface area contributed by atoms with Gasteiger partial charge >= 0.3 is 5.97 Å². The van der Waals surface area contributed by atoms with Gasteiger partial charge in [0.1, 0.15) is 0 Å². The van der Waals surface area contributed by atoms with Crippen molar-refractivity contribution in [3.05, 3.63) is 11.8 Å². The molecule has 1 aromatic heterocycles. The van der Waals surface area contributed by atoms with Crippen molar-refractivity contribution < 1.29 is 17.9 Å². The van der Waals surface area contributed by atoms with Crippen LogP contribution in [0.4, 0.5) is 0 Å². The van der Waals surface area contributed by atoms with Crippen LogP contribution < -0.4 is 0 Å². The molecule has 3 heterocycles. The first-order valence-corrected chi connectivity index (χ1v) is 7.51. The van der Waals surface area contributed by atoms with Crippen molar-refractivity contribution in [1.29, 1.82) is 0 Å². The van der Waals surface area contributed by atoms with Crippen molar-refractivity contribution in [2.75, 3.05) is 19.7 Å². The van der Waals surface area contributed by atoms with Gasteiger partial charge in [-0.2, -0.15) is 9.40 Å². The van der Waals surface area contributed by atoms with E-state index in [1.807, 2.05) is 0 Å². The number of hydrogen-bond acceptors (Lipinski definition) is 5. The van der Waals surface area contributed by atoms with E-state index >= 15 is 0 Å². The normalized spacial score (nSPS) is 27.6. The van der Waals surface area contributed by atoms with Crippen molar-refractivity contribution in [2.45, 2.75) is 11.9 Å². The van der Waals surface area contributed by atoms with Gasteiger partial charge < -0.3 is 4.74 Å². The summed E-state index contributed by atoms with van der Waals surface area (Å²) in [6.07, 6.45) is 0. The summed E-state index contributed by atoms with van der Waals surface area (Å²) in [7, 11) is -1.99. The van der Waals surface area contributed by atoms with Crippen LogP contribution in [-0.4, -0.2) is 48.2 Å². The number of aromatic nitrogens is 2. The molecule has 7 nitrogen and oxygen atoms in total. The number of esters is 1. The van der Waals surface area contributed by atoms with E-state index in [4.69, 9.17) is 4.74 Å². The number of aryl methyl sites for hydroxylation is 2. The lowest BCUT2D eigenvalue weighted by molar-refractivity contribution is -0.141. The molecule has 0 aliphatic carbocycles. The number of hydrogen-bond donors (Lipinski definition) is 0. The Morgan fingerprint density at radius 3 is 2.74 bits per heavy atom. The zero-order valence-corrected chi connectivity index (χ0v) is 11.6. The molecule has 19 heavy (non-hydrogen) atoms. The number of sulfonamides is 1. The average molecular weight is 285 g/mol. The minimum absolute atomic E-state index is 0.0170. The minimum atomic E-state index is -3.59. The molecular weight excluding hydrogens is 270 g/mol. The number of carbonyl (C=O) groups excluding carboxylic acids is 1. The first kappa shape index (κ1) is 12.6. The predicted octanol–water partition coefficient (Wildman–Crippen LogP) is -0.478. The van der Waals surface area contributed by atoms with Crippen LogP contribution in [0.5, 0.6) is 0 Å². The molecule has 2 aliphatic heterocycles. The molecule has 8 heteroatoms. The van der Waals surface area contributed by atoms with Crippen LogP contribution in [0, 0.1) is 18.8 Å². The standard InChI is InChI=1S/C11H15N3O4S/c1-7-3-10(13(2)12-7)19(16,17)14-4-8-6-18-11(15)9(8)5-14/h3,8-9H,4-6H2,1-2H3/t8-,9-/m1/s1. The molecular formula is C11H15N3O4S. The van der Waals surface area contributed by atoms with Gasteiger partial charge in [0.05, 0.1) is 18.2 Å². The molecule has 104 valence electrons. The molecule has 0 radical (unpaired) electrons. The van der Waals surface area contributed by atoms with Gasteiger partial charge in [-0.25, -0.2) is 8.42 Å². The molecule has 2 atom stereocenters.